The van der Waals surface area contributed by atoms with Crippen molar-refractivity contribution in [1.82, 2.24) is 15.1 Å². The fourth-order valence-corrected chi connectivity index (χ4v) is 4.69. The minimum absolute atomic E-state index is 0.0150. The molecule has 31 heavy (non-hydrogen) atoms. The van der Waals surface area contributed by atoms with Crippen molar-refractivity contribution in [3.05, 3.63) is 64.7 Å². The van der Waals surface area contributed by atoms with Crippen molar-refractivity contribution < 1.29 is 9.59 Å². The summed E-state index contributed by atoms with van der Waals surface area (Å²) in [6, 6.07) is 14.6. The van der Waals surface area contributed by atoms with Gasteiger partial charge < -0.3 is 10.2 Å². The third-order valence-electron chi connectivity index (χ3n) is 6.44. The van der Waals surface area contributed by atoms with Crippen molar-refractivity contribution in [3.8, 4) is 0 Å². The van der Waals surface area contributed by atoms with Gasteiger partial charge in [-0.05, 0) is 48.2 Å². The SMILES string of the molecule is Cc1ccccc1C1CNCCN1CCC(=O)c1ccc2c(c1)CCN2C(=O)N(C)C. The Kier molecular flexibility index (Phi) is 6.39. The number of nitrogens with one attached hydrogen (secondary N) is 1. The number of urea groups is 1. The van der Waals surface area contributed by atoms with E-state index >= 15 is 0 Å². The van der Waals surface area contributed by atoms with E-state index in [4.69, 9.17) is 0 Å². The molecule has 2 aliphatic heterocycles. The third kappa shape index (κ3) is 4.50. The van der Waals surface area contributed by atoms with E-state index in [1.807, 2.05) is 18.2 Å². The summed E-state index contributed by atoms with van der Waals surface area (Å²) in [5, 5.41) is 3.50. The molecule has 2 aromatic carbocycles. The molecular weight excluding hydrogens is 388 g/mol. The Bertz CT molecular complexity index is 972. The number of piperazine rings is 1. The standard InChI is InChI=1S/C25H32N4O2/c1-18-6-4-5-7-21(18)23-17-26-12-15-28(23)13-11-24(30)20-8-9-22-19(16-20)10-14-29(22)25(31)27(2)3/h4-9,16,23,26H,10-15,17H2,1-3H3. The number of hydrogen-bond donors (Lipinski definition) is 1. The van der Waals surface area contributed by atoms with Crippen LogP contribution in [-0.4, -0.2) is 68.4 Å². The third-order valence-corrected chi connectivity index (χ3v) is 6.44. The molecule has 6 nitrogen and oxygen atoms in total. The second-order valence-electron chi connectivity index (χ2n) is 8.71. The van der Waals surface area contributed by atoms with Gasteiger partial charge in [-0.1, -0.05) is 24.3 Å². The van der Waals surface area contributed by atoms with Gasteiger partial charge in [0, 0.05) is 70.5 Å². The summed E-state index contributed by atoms with van der Waals surface area (Å²) in [6.07, 6.45) is 1.30. The van der Waals surface area contributed by atoms with E-state index < -0.39 is 0 Å². The highest BCUT2D eigenvalue weighted by Crippen LogP contribution is 2.30. The summed E-state index contributed by atoms with van der Waals surface area (Å²) in [5.74, 6) is 0.169. The van der Waals surface area contributed by atoms with Gasteiger partial charge in [0.1, 0.15) is 0 Å². The number of rotatable bonds is 5. The molecule has 2 aromatic rings. The maximum absolute atomic E-state index is 13.0. The Morgan fingerprint density at radius 2 is 1.94 bits per heavy atom. The Balaban J connectivity index is 1.43. The zero-order chi connectivity index (χ0) is 22.0. The summed E-state index contributed by atoms with van der Waals surface area (Å²) in [7, 11) is 3.52. The second-order valence-corrected chi connectivity index (χ2v) is 8.71. The number of anilines is 1. The minimum atomic E-state index is -0.0150. The minimum Gasteiger partial charge on any atom is -0.330 e. The number of benzene rings is 2. The van der Waals surface area contributed by atoms with E-state index in [1.54, 1.807) is 23.9 Å². The lowest BCUT2D eigenvalue weighted by atomic mass is 9.97. The first-order valence-corrected chi connectivity index (χ1v) is 11.1. The highest BCUT2D eigenvalue weighted by Gasteiger charge is 2.28. The van der Waals surface area contributed by atoms with Crippen LogP contribution in [0.5, 0.6) is 0 Å². The number of carbonyl (C=O) groups is 2. The topological polar surface area (TPSA) is 55.9 Å². The maximum Gasteiger partial charge on any atom is 0.323 e. The van der Waals surface area contributed by atoms with Crippen LogP contribution in [0.1, 0.15) is 39.5 Å². The maximum atomic E-state index is 13.0. The number of ketones is 1. The average Bonchev–Trinajstić information content (AvgIpc) is 3.20. The number of nitrogens with zero attached hydrogens (tertiary/aromatic N) is 3. The highest BCUT2D eigenvalue weighted by molar-refractivity contribution is 5.99. The van der Waals surface area contributed by atoms with Crippen molar-refractivity contribution in [2.45, 2.75) is 25.8 Å². The molecule has 2 heterocycles. The van der Waals surface area contributed by atoms with E-state index in [-0.39, 0.29) is 11.8 Å². The predicted octanol–water partition coefficient (Wildman–Crippen LogP) is 3.26. The summed E-state index contributed by atoms with van der Waals surface area (Å²) in [6.45, 7) is 6.38. The molecule has 6 heteroatoms. The van der Waals surface area contributed by atoms with Gasteiger partial charge in [-0.15, -0.1) is 0 Å². The van der Waals surface area contributed by atoms with Crippen LogP contribution in [0.4, 0.5) is 10.5 Å². The molecule has 164 valence electrons. The molecule has 0 saturated carbocycles. The molecule has 2 aliphatic rings. The number of Topliss-reactive ketones (excluding diaryl/α,β-unsaturated/α-hetero) is 1. The summed E-state index contributed by atoms with van der Waals surface area (Å²) in [5.41, 5.74) is 5.40. The molecule has 0 aromatic heterocycles. The highest BCUT2D eigenvalue weighted by atomic mass is 16.2. The molecule has 2 amide bonds. The molecule has 0 spiro atoms. The molecule has 0 aliphatic carbocycles. The van der Waals surface area contributed by atoms with E-state index in [9.17, 15) is 9.59 Å². The van der Waals surface area contributed by atoms with Crippen LogP contribution in [0.15, 0.2) is 42.5 Å². The van der Waals surface area contributed by atoms with Crippen molar-refractivity contribution in [2.75, 3.05) is 51.7 Å². The van der Waals surface area contributed by atoms with Crippen molar-refractivity contribution >= 4 is 17.5 Å². The summed E-state index contributed by atoms with van der Waals surface area (Å²) >= 11 is 0. The van der Waals surface area contributed by atoms with Gasteiger partial charge in [-0.2, -0.15) is 0 Å². The average molecular weight is 421 g/mol. The van der Waals surface area contributed by atoms with Crippen molar-refractivity contribution in [3.63, 3.8) is 0 Å². The second kappa shape index (κ2) is 9.20. The lowest BCUT2D eigenvalue weighted by Crippen LogP contribution is -2.46. The Morgan fingerprint density at radius 1 is 1.13 bits per heavy atom. The number of fused-ring (bicyclic) bond motifs is 1. The molecule has 1 saturated heterocycles. The van der Waals surface area contributed by atoms with Gasteiger partial charge in [0.05, 0.1) is 0 Å². The van der Waals surface area contributed by atoms with Crippen LogP contribution < -0.4 is 10.2 Å². The van der Waals surface area contributed by atoms with E-state index in [0.29, 0.717) is 19.0 Å². The molecule has 0 bridgehead atoms. The molecule has 1 fully saturated rings. The zero-order valence-corrected chi connectivity index (χ0v) is 18.7. The van der Waals surface area contributed by atoms with Crippen LogP contribution in [-0.2, 0) is 6.42 Å². The van der Waals surface area contributed by atoms with Crippen molar-refractivity contribution in [1.29, 1.82) is 0 Å². The van der Waals surface area contributed by atoms with E-state index in [2.05, 4.69) is 41.4 Å². The van der Waals surface area contributed by atoms with Crippen LogP contribution in [0.3, 0.4) is 0 Å². The first-order chi connectivity index (χ1) is 15.0. The first kappa shape index (κ1) is 21.5. The van der Waals surface area contributed by atoms with Gasteiger partial charge in [-0.25, -0.2) is 4.79 Å². The number of carbonyl (C=O) groups excluding carboxylic acids is 2. The normalized spacial score (nSPS) is 18.7. The number of hydrogen-bond acceptors (Lipinski definition) is 4. The van der Waals surface area contributed by atoms with E-state index in [1.165, 1.54) is 11.1 Å². The molecule has 1 unspecified atom stereocenters. The molecule has 4 rings (SSSR count). The number of amides is 2. The monoisotopic (exact) mass is 420 g/mol. The van der Waals surface area contributed by atoms with Gasteiger partial charge in [-0.3, -0.25) is 14.6 Å². The van der Waals surface area contributed by atoms with Crippen LogP contribution in [0.2, 0.25) is 0 Å². The smallest absolute Gasteiger partial charge is 0.323 e. The molecule has 0 radical (unpaired) electrons. The van der Waals surface area contributed by atoms with E-state index in [0.717, 1.165) is 49.4 Å². The lowest BCUT2D eigenvalue weighted by molar-refractivity contribution is 0.0935. The predicted molar refractivity (Wildman–Crippen MR) is 124 cm³/mol. The molecule has 1 N–H and O–H groups in total. The quantitative estimate of drug-likeness (QED) is 0.755. The first-order valence-electron chi connectivity index (χ1n) is 11.1. The van der Waals surface area contributed by atoms with Crippen LogP contribution >= 0.6 is 0 Å². The zero-order valence-electron chi connectivity index (χ0n) is 18.7. The van der Waals surface area contributed by atoms with Gasteiger partial charge in [0.15, 0.2) is 5.78 Å². The fourth-order valence-electron chi connectivity index (χ4n) is 4.69. The van der Waals surface area contributed by atoms with Crippen LogP contribution in [0.25, 0.3) is 0 Å². The fraction of sp³-hybridized carbons (Fsp3) is 0.440. The van der Waals surface area contributed by atoms with Crippen LogP contribution in [0, 0.1) is 6.92 Å². The Morgan fingerprint density at radius 3 is 2.71 bits per heavy atom. The Hall–Kier alpha value is -2.70. The molecule has 1 atom stereocenters. The number of aryl methyl sites for hydroxylation is 1. The van der Waals surface area contributed by atoms with Crippen molar-refractivity contribution in [2.24, 2.45) is 0 Å². The lowest BCUT2D eigenvalue weighted by Gasteiger charge is -2.37. The summed E-state index contributed by atoms with van der Waals surface area (Å²) < 4.78 is 0. The molecular formula is C25H32N4O2. The Labute approximate surface area is 184 Å². The van der Waals surface area contributed by atoms with Gasteiger partial charge in [0.25, 0.3) is 0 Å². The van der Waals surface area contributed by atoms with Gasteiger partial charge in [0.2, 0.25) is 0 Å². The summed E-state index contributed by atoms with van der Waals surface area (Å²) in [4.78, 5) is 31.2. The van der Waals surface area contributed by atoms with Gasteiger partial charge >= 0.3 is 6.03 Å². The largest absolute Gasteiger partial charge is 0.330 e.